The number of benzene rings is 15. The molecule has 0 aliphatic heterocycles. The first-order valence-corrected chi connectivity index (χ1v) is 34.2. The van der Waals surface area contributed by atoms with Crippen LogP contribution < -0.4 is 0 Å². The van der Waals surface area contributed by atoms with Crippen LogP contribution in [0.2, 0.25) is 0 Å². The number of hydrogen-bond donors (Lipinski definition) is 0. The zero-order chi connectivity index (χ0) is 64.9. The Bertz CT molecular complexity index is 7760. The van der Waals surface area contributed by atoms with E-state index in [0.29, 0.717) is 5.56 Å². The molecule has 0 unspecified atom stereocenters. The smallest absolute Gasteiger partial charge is 0.160 e. The summed E-state index contributed by atoms with van der Waals surface area (Å²) in [5.74, 6) is 0. The molecule has 0 amide bonds. The van der Waals surface area contributed by atoms with Crippen LogP contribution in [0.15, 0.2) is 285 Å². The largest absolute Gasteiger partial charge is 0.454 e. The Labute approximate surface area is 566 Å². The summed E-state index contributed by atoms with van der Waals surface area (Å²) in [6.45, 7) is 2.09. The van der Waals surface area contributed by atoms with Crippen LogP contribution >= 0.6 is 0 Å². The molecule has 1 spiro atoms. The van der Waals surface area contributed by atoms with Crippen molar-refractivity contribution in [2.45, 2.75) is 12.3 Å². The van der Waals surface area contributed by atoms with Gasteiger partial charge in [-0.2, -0.15) is 5.26 Å². The summed E-state index contributed by atoms with van der Waals surface area (Å²) in [7, 11) is 0. The lowest BCUT2D eigenvalue weighted by Gasteiger charge is -2.30. The minimum Gasteiger partial charge on any atom is -0.454 e. The van der Waals surface area contributed by atoms with E-state index in [-0.39, 0.29) is 0 Å². The highest BCUT2D eigenvalue weighted by molar-refractivity contribution is 6.35. The lowest BCUT2D eigenvalue weighted by Crippen LogP contribution is -2.25. The fourth-order valence-corrected chi connectivity index (χ4v) is 19.3. The zero-order valence-electron chi connectivity index (χ0n) is 53.4. The molecular formula is C93H47N3O4. The molecule has 0 bridgehead atoms. The lowest BCUT2D eigenvalue weighted by atomic mass is 9.70. The zero-order valence-corrected chi connectivity index (χ0v) is 53.4. The molecule has 0 atom stereocenters. The Morgan fingerprint density at radius 1 is 0.270 bits per heavy atom. The molecule has 7 heteroatoms. The number of nitrogens with zero attached hydrogens (tertiary/aromatic N) is 3. The third-order valence-electron chi connectivity index (χ3n) is 23.3. The Morgan fingerprint density at radius 2 is 0.680 bits per heavy atom. The van der Waals surface area contributed by atoms with Crippen LogP contribution in [0.5, 0.6) is 0 Å². The van der Waals surface area contributed by atoms with Gasteiger partial charge in [0.05, 0.1) is 50.1 Å². The van der Waals surface area contributed by atoms with Gasteiger partial charge in [-0.05, 0) is 187 Å². The van der Waals surface area contributed by atoms with Gasteiger partial charge in [-0.25, -0.2) is 0 Å². The maximum absolute atomic E-state index is 9.86. The summed E-state index contributed by atoms with van der Waals surface area (Å²) in [6.07, 6.45) is 0. The van der Waals surface area contributed by atoms with E-state index in [2.05, 4.69) is 271 Å². The number of furan rings is 4. The van der Waals surface area contributed by atoms with E-state index in [4.69, 9.17) is 17.7 Å². The van der Waals surface area contributed by atoms with Gasteiger partial charge < -0.3 is 26.5 Å². The van der Waals surface area contributed by atoms with Crippen LogP contribution in [0.3, 0.4) is 0 Å². The summed E-state index contributed by atoms with van der Waals surface area (Å²) in [6, 6.07) is 100. The molecule has 7 nitrogen and oxygen atoms in total. The Balaban J connectivity index is 0.712. The van der Waals surface area contributed by atoms with Gasteiger partial charge in [-0.3, -0.25) is 0 Å². The topological polar surface area (TPSA) is 85.2 Å². The monoisotopic (exact) mass is 1270 g/mol. The van der Waals surface area contributed by atoms with Crippen molar-refractivity contribution in [3.8, 4) is 61.7 Å². The molecule has 23 aromatic rings. The first-order chi connectivity index (χ1) is 49.4. The molecule has 458 valence electrons. The number of nitriles is 1. The van der Waals surface area contributed by atoms with E-state index in [1.165, 1.54) is 50.1 Å². The second kappa shape index (κ2) is 17.8. The van der Waals surface area contributed by atoms with Crippen LogP contribution in [-0.4, -0.2) is 8.80 Å². The van der Waals surface area contributed by atoms with E-state index in [9.17, 15) is 5.26 Å². The Kier molecular flexibility index (Phi) is 9.22. The minimum atomic E-state index is -0.470. The highest BCUT2D eigenvalue weighted by Crippen LogP contribution is 2.64. The standard InChI is InChI=1S/C93H47N3O4/c1-47-39-48(46-94)25-28-53(47)52-43-72-63-31-35-66-60-17-6-11-23-79(60)98-90(66)86(63)96-84(72)73(44-52)64-33-37-68-82-54(18-12-24-81(82)100-92(68)88(64)96)50-27-38-80-69(40-50)67-36-32-62-71-42-51(41-70-61-30-34-65-59-16-5-10-22-78(59)97-89(65)85(61)95(83(70)71)87(62)91(67)99-80)49-26-29-58-57-15-4-9-21-76(57)93(77(58)45-49)74-19-7-2-13-55(74)56-14-3-8-20-75(56)93/h2-45H,1H3. The third-order valence-corrected chi connectivity index (χ3v) is 23.3. The van der Waals surface area contributed by atoms with E-state index >= 15 is 0 Å². The number of aromatic nitrogens is 2. The van der Waals surface area contributed by atoms with Gasteiger partial charge in [-0.15, -0.1) is 0 Å². The van der Waals surface area contributed by atoms with Gasteiger partial charge in [0.25, 0.3) is 0 Å². The highest BCUT2D eigenvalue weighted by Gasteiger charge is 2.51. The van der Waals surface area contributed by atoms with Gasteiger partial charge in [0.1, 0.15) is 22.3 Å². The van der Waals surface area contributed by atoms with E-state index in [1.54, 1.807) is 0 Å². The van der Waals surface area contributed by atoms with E-state index in [1.807, 2.05) is 18.2 Å². The van der Waals surface area contributed by atoms with Gasteiger partial charge >= 0.3 is 0 Å². The van der Waals surface area contributed by atoms with Gasteiger partial charge in [-0.1, -0.05) is 170 Å². The fourth-order valence-electron chi connectivity index (χ4n) is 19.3. The second-order valence-corrected chi connectivity index (χ2v) is 27.9. The van der Waals surface area contributed by atoms with Crippen LogP contribution in [-0.2, 0) is 5.41 Å². The maximum atomic E-state index is 9.86. The van der Waals surface area contributed by atoms with Crippen molar-refractivity contribution >= 4 is 164 Å². The Morgan fingerprint density at radius 3 is 1.23 bits per heavy atom. The van der Waals surface area contributed by atoms with Crippen molar-refractivity contribution in [2.75, 3.05) is 0 Å². The summed E-state index contributed by atoms with van der Waals surface area (Å²) in [4.78, 5) is 0. The van der Waals surface area contributed by atoms with Crippen molar-refractivity contribution in [3.63, 3.8) is 0 Å². The molecule has 100 heavy (non-hydrogen) atoms. The lowest BCUT2D eigenvalue weighted by molar-refractivity contribution is 0.669. The average molecular weight is 1270 g/mol. The van der Waals surface area contributed by atoms with Crippen LogP contribution in [0.4, 0.5) is 0 Å². The van der Waals surface area contributed by atoms with Gasteiger partial charge in [0.2, 0.25) is 0 Å². The van der Waals surface area contributed by atoms with Crippen LogP contribution in [0.1, 0.15) is 33.4 Å². The molecule has 15 aromatic carbocycles. The van der Waals surface area contributed by atoms with Crippen molar-refractivity contribution < 1.29 is 17.7 Å². The molecule has 8 heterocycles. The number of rotatable bonds is 3. The predicted molar refractivity (Wildman–Crippen MR) is 407 cm³/mol. The summed E-state index contributed by atoms with van der Waals surface area (Å²) in [5, 5.41) is 27.3. The average Bonchev–Trinajstić information content (AvgIpc) is 1.52. The number of aryl methyl sites for hydroxylation is 1. The van der Waals surface area contributed by atoms with Crippen molar-refractivity contribution in [3.05, 3.63) is 300 Å². The minimum absolute atomic E-state index is 0.470. The fraction of sp³-hybridized carbons (Fsp3) is 0.0215. The summed E-state index contributed by atoms with van der Waals surface area (Å²) in [5.41, 5.74) is 31.3. The third kappa shape index (κ3) is 6.05. The van der Waals surface area contributed by atoms with Crippen molar-refractivity contribution in [2.24, 2.45) is 0 Å². The van der Waals surface area contributed by atoms with E-state index < -0.39 is 5.41 Å². The normalized spacial score (nSPS) is 13.5. The Hall–Kier alpha value is -13.4. The van der Waals surface area contributed by atoms with Crippen molar-refractivity contribution in [1.29, 1.82) is 5.26 Å². The second-order valence-electron chi connectivity index (χ2n) is 27.9. The summed E-state index contributed by atoms with van der Waals surface area (Å²) < 4.78 is 33.5. The number of fused-ring (bicyclic) bond motifs is 38. The molecule has 8 aromatic heterocycles. The predicted octanol–water partition coefficient (Wildman–Crippen LogP) is 25.1. The number of hydrogen-bond acceptors (Lipinski definition) is 5. The molecule has 0 saturated carbocycles. The van der Waals surface area contributed by atoms with Gasteiger partial charge in [0, 0.05) is 86.2 Å². The molecule has 0 N–H and O–H groups in total. The molecular weight excluding hydrogens is 1220 g/mol. The quantitative estimate of drug-likeness (QED) is 0.176. The molecule has 2 aliphatic carbocycles. The number of para-hydroxylation sites is 2. The molecule has 0 radical (unpaired) electrons. The highest BCUT2D eigenvalue weighted by atomic mass is 16.3. The van der Waals surface area contributed by atoms with Crippen LogP contribution in [0, 0.1) is 18.3 Å². The maximum Gasteiger partial charge on any atom is 0.160 e. The molecule has 0 saturated heterocycles. The van der Waals surface area contributed by atoms with Gasteiger partial charge in [0.15, 0.2) is 22.3 Å². The first-order valence-electron chi connectivity index (χ1n) is 34.2. The van der Waals surface area contributed by atoms with Crippen LogP contribution in [0.25, 0.3) is 220 Å². The first kappa shape index (κ1) is 51.9. The molecule has 2 aliphatic rings. The summed E-state index contributed by atoms with van der Waals surface area (Å²) >= 11 is 0. The molecule has 25 rings (SSSR count). The van der Waals surface area contributed by atoms with Crippen molar-refractivity contribution in [1.82, 2.24) is 8.80 Å². The SMILES string of the molecule is Cc1cc(C#N)ccc1-c1cc2c3ccc4c5ccccc5oc4c3n3c2c(c1)c1ccc2c(oc4cccc(-c5ccc6oc7c(ccc8c9cc(-c%10ccc%11c(c%10)C%10(c%12ccccc%12-c%12ccccc%12%10)c%10ccccc%10-%11)cc%10c%11ccc%12c%13ccccc%13oc%12c%11n(c%109)c87)c6c5)c42)c13. The van der Waals surface area contributed by atoms with E-state index in [0.717, 1.165) is 197 Å². The molecule has 0 fully saturated rings.